The third-order valence-electron chi connectivity index (χ3n) is 1.93. The lowest BCUT2D eigenvalue weighted by Gasteiger charge is -2.04. The zero-order valence-corrected chi connectivity index (χ0v) is 10.2. The molecule has 0 bridgehead atoms. The maximum atomic E-state index is 4.18. The number of anilines is 1. The Kier molecular flexibility index (Phi) is 3.49. The molecule has 4 heteroatoms. The van der Waals surface area contributed by atoms with Gasteiger partial charge < -0.3 is 5.32 Å². The Hall–Kier alpha value is -1.17. The summed E-state index contributed by atoms with van der Waals surface area (Å²) in [5, 5.41) is 3.28. The van der Waals surface area contributed by atoms with Gasteiger partial charge in [0, 0.05) is 21.7 Å². The molecule has 0 unspecified atom stereocenters. The van der Waals surface area contributed by atoms with Gasteiger partial charge in [-0.1, -0.05) is 0 Å². The van der Waals surface area contributed by atoms with Crippen molar-refractivity contribution in [2.75, 3.05) is 5.32 Å². The van der Waals surface area contributed by atoms with Crippen LogP contribution < -0.4 is 5.32 Å². The molecule has 1 aromatic carbocycles. The van der Waals surface area contributed by atoms with Crippen molar-refractivity contribution in [2.45, 2.75) is 6.54 Å². The summed E-state index contributed by atoms with van der Waals surface area (Å²) in [6.07, 6.45) is 5.14. The predicted molar refractivity (Wildman–Crippen MR) is 68.5 cm³/mol. The SMILES string of the molecule is Ic1ccc(NCc2cnccn2)cc1. The summed E-state index contributed by atoms with van der Waals surface area (Å²) in [7, 11) is 0. The van der Waals surface area contributed by atoms with Crippen LogP contribution in [-0.4, -0.2) is 9.97 Å². The molecule has 0 spiro atoms. The third kappa shape index (κ3) is 3.16. The quantitative estimate of drug-likeness (QED) is 0.886. The Balaban J connectivity index is 1.96. The minimum atomic E-state index is 0.703. The molecule has 0 aliphatic heterocycles. The van der Waals surface area contributed by atoms with Crippen molar-refractivity contribution in [2.24, 2.45) is 0 Å². The van der Waals surface area contributed by atoms with Crippen molar-refractivity contribution < 1.29 is 0 Å². The smallest absolute Gasteiger partial charge is 0.0777 e. The largest absolute Gasteiger partial charge is 0.379 e. The second kappa shape index (κ2) is 5.06. The van der Waals surface area contributed by atoms with Crippen LogP contribution in [0.5, 0.6) is 0 Å². The molecule has 0 saturated carbocycles. The molecule has 0 saturated heterocycles. The van der Waals surface area contributed by atoms with Crippen LogP contribution in [0.3, 0.4) is 0 Å². The van der Waals surface area contributed by atoms with E-state index >= 15 is 0 Å². The maximum absolute atomic E-state index is 4.18. The van der Waals surface area contributed by atoms with E-state index in [0.29, 0.717) is 6.54 Å². The van der Waals surface area contributed by atoms with Gasteiger partial charge in [-0.2, -0.15) is 0 Å². The van der Waals surface area contributed by atoms with Crippen molar-refractivity contribution >= 4 is 28.3 Å². The first kappa shape index (κ1) is 10.4. The van der Waals surface area contributed by atoms with Crippen LogP contribution in [0.2, 0.25) is 0 Å². The Labute approximate surface area is 102 Å². The Morgan fingerprint density at radius 3 is 2.60 bits per heavy atom. The summed E-state index contributed by atoms with van der Waals surface area (Å²) in [6.45, 7) is 0.703. The summed E-state index contributed by atoms with van der Waals surface area (Å²) >= 11 is 2.29. The molecule has 0 radical (unpaired) electrons. The number of nitrogens with one attached hydrogen (secondary N) is 1. The zero-order chi connectivity index (χ0) is 10.5. The second-order valence-electron chi connectivity index (χ2n) is 3.06. The van der Waals surface area contributed by atoms with E-state index in [-0.39, 0.29) is 0 Å². The number of hydrogen-bond donors (Lipinski definition) is 1. The van der Waals surface area contributed by atoms with Gasteiger partial charge in [-0.05, 0) is 46.9 Å². The number of rotatable bonds is 3. The Morgan fingerprint density at radius 2 is 1.93 bits per heavy atom. The number of benzene rings is 1. The Morgan fingerprint density at radius 1 is 1.13 bits per heavy atom. The number of hydrogen-bond acceptors (Lipinski definition) is 3. The van der Waals surface area contributed by atoms with E-state index in [2.05, 4.69) is 62.1 Å². The molecule has 76 valence electrons. The van der Waals surface area contributed by atoms with Gasteiger partial charge in [0.05, 0.1) is 18.4 Å². The molecule has 0 atom stereocenters. The topological polar surface area (TPSA) is 37.8 Å². The predicted octanol–water partition coefficient (Wildman–Crippen LogP) is 2.69. The summed E-state index contributed by atoms with van der Waals surface area (Å²) in [5.41, 5.74) is 2.04. The lowest BCUT2D eigenvalue weighted by Crippen LogP contribution is -2.01. The number of aromatic nitrogens is 2. The summed E-state index contributed by atoms with van der Waals surface area (Å²) in [6, 6.07) is 8.25. The van der Waals surface area contributed by atoms with Gasteiger partial charge in [-0.3, -0.25) is 9.97 Å². The van der Waals surface area contributed by atoms with Gasteiger partial charge in [0.25, 0.3) is 0 Å². The molecule has 1 aromatic heterocycles. The summed E-state index contributed by atoms with van der Waals surface area (Å²) < 4.78 is 1.23. The van der Waals surface area contributed by atoms with Crippen LogP contribution >= 0.6 is 22.6 Å². The van der Waals surface area contributed by atoms with Crippen LogP contribution in [0, 0.1) is 3.57 Å². The minimum Gasteiger partial charge on any atom is -0.379 e. The lowest BCUT2D eigenvalue weighted by molar-refractivity contribution is 1.01. The first-order valence-electron chi connectivity index (χ1n) is 4.59. The van der Waals surface area contributed by atoms with Gasteiger partial charge in [-0.15, -0.1) is 0 Å². The molecule has 0 fully saturated rings. The van der Waals surface area contributed by atoms with E-state index < -0.39 is 0 Å². The van der Waals surface area contributed by atoms with E-state index in [0.717, 1.165) is 11.4 Å². The van der Waals surface area contributed by atoms with Gasteiger partial charge in [0.1, 0.15) is 0 Å². The molecule has 1 N–H and O–H groups in total. The van der Waals surface area contributed by atoms with E-state index in [9.17, 15) is 0 Å². The monoisotopic (exact) mass is 311 g/mol. The highest BCUT2D eigenvalue weighted by atomic mass is 127. The Bertz CT molecular complexity index is 414. The fraction of sp³-hybridized carbons (Fsp3) is 0.0909. The van der Waals surface area contributed by atoms with E-state index in [1.54, 1.807) is 18.6 Å². The highest BCUT2D eigenvalue weighted by molar-refractivity contribution is 14.1. The highest BCUT2D eigenvalue weighted by Crippen LogP contribution is 2.11. The van der Waals surface area contributed by atoms with E-state index in [4.69, 9.17) is 0 Å². The third-order valence-corrected chi connectivity index (χ3v) is 2.65. The highest BCUT2D eigenvalue weighted by Gasteiger charge is 1.94. The summed E-state index contributed by atoms with van der Waals surface area (Å²) in [5.74, 6) is 0. The first-order valence-corrected chi connectivity index (χ1v) is 5.67. The first-order chi connectivity index (χ1) is 7.34. The summed E-state index contributed by atoms with van der Waals surface area (Å²) in [4.78, 5) is 8.19. The van der Waals surface area contributed by atoms with Crippen LogP contribution in [0.15, 0.2) is 42.9 Å². The molecule has 2 rings (SSSR count). The van der Waals surface area contributed by atoms with Crippen molar-refractivity contribution in [1.82, 2.24) is 9.97 Å². The van der Waals surface area contributed by atoms with Gasteiger partial charge in [-0.25, -0.2) is 0 Å². The lowest BCUT2D eigenvalue weighted by atomic mass is 10.3. The molecule has 0 amide bonds. The van der Waals surface area contributed by atoms with Crippen LogP contribution in [0.25, 0.3) is 0 Å². The molecule has 0 aliphatic rings. The van der Waals surface area contributed by atoms with Crippen molar-refractivity contribution in [3.8, 4) is 0 Å². The van der Waals surface area contributed by atoms with Gasteiger partial charge >= 0.3 is 0 Å². The molecule has 0 aliphatic carbocycles. The van der Waals surface area contributed by atoms with Crippen LogP contribution in [0.4, 0.5) is 5.69 Å². The normalized spacial score (nSPS) is 9.93. The van der Waals surface area contributed by atoms with Gasteiger partial charge in [0.15, 0.2) is 0 Å². The molecule has 1 heterocycles. The fourth-order valence-electron chi connectivity index (χ4n) is 1.18. The average molecular weight is 311 g/mol. The van der Waals surface area contributed by atoms with Crippen molar-refractivity contribution in [1.29, 1.82) is 0 Å². The number of nitrogens with zero attached hydrogens (tertiary/aromatic N) is 2. The molecule has 3 nitrogen and oxygen atoms in total. The van der Waals surface area contributed by atoms with Crippen LogP contribution in [-0.2, 0) is 6.54 Å². The number of halogens is 1. The van der Waals surface area contributed by atoms with Gasteiger partial charge in [0.2, 0.25) is 0 Å². The average Bonchev–Trinajstić information content (AvgIpc) is 2.30. The van der Waals surface area contributed by atoms with E-state index in [1.165, 1.54) is 3.57 Å². The van der Waals surface area contributed by atoms with Crippen LogP contribution in [0.1, 0.15) is 5.69 Å². The second-order valence-corrected chi connectivity index (χ2v) is 4.30. The molecular weight excluding hydrogens is 301 g/mol. The molecule has 2 aromatic rings. The van der Waals surface area contributed by atoms with Crippen molar-refractivity contribution in [3.63, 3.8) is 0 Å². The molecule has 15 heavy (non-hydrogen) atoms. The zero-order valence-electron chi connectivity index (χ0n) is 8.02. The van der Waals surface area contributed by atoms with E-state index in [1.807, 2.05) is 0 Å². The van der Waals surface area contributed by atoms with Crippen molar-refractivity contribution in [3.05, 3.63) is 52.1 Å². The standard InChI is InChI=1S/C11H10IN3/c12-9-1-3-10(4-2-9)15-8-11-7-13-5-6-14-11/h1-7,15H,8H2. The fourth-order valence-corrected chi connectivity index (χ4v) is 1.54. The minimum absolute atomic E-state index is 0.703. The molecular formula is C11H10IN3. The maximum Gasteiger partial charge on any atom is 0.0777 e.